The van der Waals surface area contributed by atoms with Crippen LogP contribution >= 0.6 is 11.3 Å². The third-order valence-corrected chi connectivity index (χ3v) is 5.66. The van der Waals surface area contributed by atoms with E-state index in [0.29, 0.717) is 21.7 Å². The maximum atomic E-state index is 14.2. The molecule has 0 aliphatic heterocycles. The Hall–Kier alpha value is -1.50. The van der Waals surface area contributed by atoms with Crippen molar-refractivity contribution >= 4 is 27.3 Å². The second-order valence-electron chi connectivity index (χ2n) is 6.26. The van der Waals surface area contributed by atoms with E-state index in [1.54, 1.807) is 12.1 Å². The van der Waals surface area contributed by atoms with Gasteiger partial charge in [0.1, 0.15) is 5.82 Å². The molecule has 2 aromatic rings. The molecular formula is C17H20FNO3S. The first-order valence-electron chi connectivity index (χ1n) is 7.62. The minimum absolute atomic E-state index is 0.109. The molecule has 23 heavy (non-hydrogen) atoms. The van der Waals surface area contributed by atoms with E-state index >= 15 is 0 Å². The van der Waals surface area contributed by atoms with Gasteiger partial charge in [-0.1, -0.05) is 6.07 Å². The number of fused-ring (bicyclic) bond motifs is 1. The van der Waals surface area contributed by atoms with E-state index in [1.807, 2.05) is 6.92 Å². The van der Waals surface area contributed by atoms with E-state index in [2.05, 4.69) is 5.32 Å². The maximum absolute atomic E-state index is 14.2. The number of hydrogen-bond donors (Lipinski definition) is 2. The molecule has 4 nitrogen and oxygen atoms in total. The van der Waals surface area contributed by atoms with Gasteiger partial charge in [0.15, 0.2) is 0 Å². The zero-order valence-electron chi connectivity index (χ0n) is 13.2. The van der Waals surface area contributed by atoms with Crippen molar-refractivity contribution in [1.82, 2.24) is 5.32 Å². The average molecular weight is 337 g/mol. The molecule has 1 unspecified atom stereocenters. The highest BCUT2D eigenvalue weighted by Gasteiger charge is 2.42. The lowest BCUT2D eigenvalue weighted by Crippen LogP contribution is -2.50. The van der Waals surface area contributed by atoms with Crippen LogP contribution in [-0.4, -0.2) is 30.3 Å². The predicted molar refractivity (Wildman–Crippen MR) is 88.2 cm³/mol. The Morgan fingerprint density at radius 3 is 2.87 bits per heavy atom. The number of amides is 1. The highest BCUT2D eigenvalue weighted by atomic mass is 32.1. The van der Waals surface area contributed by atoms with Crippen LogP contribution in [-0.2, 0) is 11.3 Å². The number of ether oxygens (including phenoxy) is 1. The fourth-order valence-corrected chi connectivity index (χ4v) is 4.06. The quantitative estimate of drug-likeness (QED) is 0.852. The predicted octanol–water partition coefficient (Wildman–Crippen LogP) is 3.08. The van der Waals surface area contributed by atoms with Gasteiger partial charge in [-0.2, -0.15) is 0 Å². The third kappa shape index (κ3) is 2.98. The van der Waals surface area contributed by atoms with Crippen molar-refractivity contribution in [3.63, 3.8) is 0 Å². The van der Waals surface area contributed by atoms with Crippen LogP contribution in [0.15, 0.2) is 18.2 Å². The van der Waals surface area contributed by atoms with Crippen LogP contribution in [0.4, 0.5) is 4.39 Å². The number of nitrogens with one attached hydrogen (secondary N) is 1. The zero-order chi connectivity index (χ0) is 16.6. The molecule has 1 amide bonds. The van der Waals surface area contributed by atoms with Crippen LogP contribution in [0.3, 0.4) is 0 Å². The summed E-state index contributed by atoms with van der Waals surface area (Å²) in [5.41, 5.74) is -0.0601. The van der Waals surface area contributed by atoms with E-state index in [9.17, 15) is 14.3 Å². The lowest BCUT2D eigenvalue weighted by Gasteiger charge is -2.28. The first kappa shape index (κ1) is 16.4. The summed E-state index contributed by atoms with van der Waals surface area (Å²) in [4.78, 5) is 13.2. The number of methoxy groups -OCH3 is 1. The molecule has 1 saturated carbocycles. The Bertz CT molecular complexity index is 741. The van der Waals surface area contributed by atoms with Gasteiger partial charge in [-0.15, -0.1) is 11.3 Å². The number of carbonyl (C=O) groups excluding carboxylic acids is 1. The van der Waals surface area contributed by atoms with Crippen LogP contribution < -0.4 is 5.32 Å². The van der Waals surface area contributed by atoms with Crippen molar-refractivity contribution in [3.05, 3.63) is 34.5 Å². The molecular weight excluding hydrogens is 317 g/mol. The van der Waals surface area contributed by atoms with E-state index < -0.39 is 5.54 Å². The smallest absolute Gasteiger partial charge is 0.262 e. The Kier molecular flexibility index (Phi) is 4.40. The summed E-state index contributed by atoms with van der Waals surface area (Å²) >= 11 is 1.26. The van der Waals surface area contributed by atoms with Gasteiger partial charge < -0.3 is 15.2 Å². The molecule has 1 aliphatic rings. The zero-order valence-corrected chi connectivity index (χ0v) is 14.0. The molecule has 1 fully saturated rings. The number of thiophene rings is 1. The van der Waals surface area contributed by atoms with Gasteiger partial charge >= 0.3 is 0 Å². The number of benzene rings is 1. The summed E-state index contributed by atoms with van der Waals surface area (Å²) in [5, 5.41) is 13.0. The molecule has 2 N–H and O–H groups in total. The standard InChI is InChI=1S/C17H20FNO3S/c1-17(9-20,10-6-7-10)19-16(21)15-11(8-22-2)14-12(18)4-3-5-13(14)23-15/h3-5,10,20H,6-9H2,1-2H3,(H,19,21). The first-order valence-corrected chi connectivity index (χ1v) is 8.44. The Morgan fingerprint density at radius 1 is 1.52 bits per heavy atom. The molecule has 6 heteroatoms. The molecule has 1 aromatic heterocycles. The number of rotatable bonds is 6. The van der Waals surface area contributed by atoms with Gasteiger partial charge in [0.2, 0.25) is 0 Å². The summed E-state index contributed by atoms with van der Waals surface area (Å²) in [6, 6.07) is 4.82. The monoisotopic (exact) mass is 337 g/mol. The number of hydrogen-bond acceptors (Lipinski definition) is 4. The van der Waals surface area contributed by atoms with Gasteiger partial charge in [0.25, 0.3) is 5.91 Å². The highest BCUT2D eigenvalue weighted by Crippen LogP contribution is 2.40. The number of aliphatic hydroxyl groups is 1. The fraction of sp³-hybridized carbons (Fsp3) is 0.471. The summed E-state index contributed by atoms with van der Waals surface area (Å²) in [6.45, 7) is 1.91. The average Bonchev–Trinajstić information content (AvgIpc) is 3.31. The minimum Gasteiger partial charge on any atom is -0.394 e. The Labute approximate surface area is 138 Å². The molecule has 124 valence electrons. The van der Waals surface area contributed by atoms with Crippen LogP contribution in [0.1, 0.15) is 35.0 Å². The fourth-order valence-electron chi connectivity index (χ4n) is 2.94. The van der Waals surface area contributed by atoms with Crippen LogP contribution in [0, 0.1) is 11.7 Å². The summed E-state index contributed by atoms with van der Waals surface area (Å²) in [5.74, 6) is -0.327. The van der Waals surface area contributed by atoms with Gasteiger partial charge in [-0.3, -0.25) is 4.79 Å². The molecule has 0 spiro atoms. The molecule has 1 atom stereocenters. The van der Waals surface area contributed by atoms with Crippen LogP contribution in [0.2, 0.25) is 0 Å². The first-order chi connectivity index (χ1) is 11.0. The van der Waals surface area contributed by atoms with Crippen molar-refractivity contribution in [1.29, 1.82) is 0 Å². The van der Waals surface area contributed by atoms with E-state index in [-0.39, 0.29) is 24.9 Å². The normalized spacial score (nSPS) is 17.2. The minimum atomic E-state index is -0.629. The number of halogens is 1. The molecule has 0 saturated heterocycles. The largest absolute Gasteiger partial charge is 0.394 e. The molecule has 1 aliphatic carbocycles. The lowest BCUT2D eigenvalue weighted by molar-refractivity contribution is 0.0825. The second-order valence-corrected chi connectivity index (χ2v) is 7.31. The molecule has 1 aromatic carbocycles. The molecule has 0 radical (unpaired) electrons. The van der Waals surface area contributed by atoms with Crippen molar-refractivity contribution in [2.24, 2.45) is 5.92 Å². The van der Waals surface area contributed by atoms with E-state index in [4.69, 9.17) is 4.74 Å². The molecule has 1 heterocycles. The Morgan fingerprint density at radius 2 is 2.26 bits per heavy atom. The third-order valence-electron chi connectivity index (χ3n) is 4.46. The van der Waals surface area contributed by atoms with Crippen molar-refractivity contribution in [2.75, 3.05) is 13.7 Å². The number of aliphatic hydroxyl groups excluding tert-OH is 1. The van der Waals surface area contributed by atoms with Gasteiger partial charge in [-0.05, 0) is 37.8 Å². The van der Waals surface area contributed by atoms with Crippen molar-refractivity contribution in [3.8, 4) is 0 Å². The molecule has 0 bridgehead atoms. The van der Waals surface area contributed by atoms with Gasteiger partial charge in [0.05, 0.1) is 23.6 Å². The second kappa shape index (κ2) is 6.19. The maximum Gasteiger partial charge on any atom is 0.262 e. The summed E-state index contributed by atoms with van der Waals surface area (Å²) < 4.78 is 20.1. The molecule has 3 rings (SSSR count). The van der Waals surface area contributed by atoms with Gasteiger partial charge in [0, 0.05) is 22.8 Å². The van der Waals surface area contributed by atoms with Crippen LogP contribution in [0.25, 0.3) is 10.1 Å². The summed E-state index contributed by atoms with van der Waals surface area (Å²) in [6.07, 6.45) is 2.01. The summed E-state index contributed by atoms with van der Waals surface area (Å²) in [7, 11) is 1.52. The number of carbonyl (C=O) groups is 1. The van der Waals surface area contributed by atoms with Gasteiger partial charge in [-0.25, -0.2) is 4.39 Å². The Balaban J connectivity index is 1.99. The van der Waals surface area contributed by atoms with Crippen LogP contribution in [0.5, 0.6) is 0 Å². The van der Waals surface area contributed by atoms with E-state index in [1.165, 1.54) is 24.5 Å². The van der Waals surface area contributed by atoms with Crippen molar-refractivity contribution < 1.29 is 19.0 Å². The van der Waals surface area contributed by atoms with E-state index in [0.717, 1.165) is 17.5 Å². The topological polar surface area (TPSA) is 58.6 Å². The van der Waals surface area contributed by atoms with Crippen molar-refractivity contribution in [2.45, 2.75) is 31.9 Å². The lowest BCUT2D eigenvalue weighted by atomic mass is 9.96. The SMILES string of the molecule is COCc1c(C(=O)NC(C)(CO)C2CC2)sc2cccc(F)c12. The highest BCUT2D eigenvalue weighted by molar-refractivity contribution is 7.21.